The summed E-state index contributed by atoms with van der Waals surface area (Å²) < 4.78 is 32.8. The molecule has 0 radical (unpaired) electrons. The van der Waals surface area contributed by atoms with Crippen molar-refractivity contribution in [1.29, 1.82) is 0 Å². The van der Waals surface area contributed by atoms with Crippen molar-refractivity contribution in [3.63, 3.8) is 0 Å². The molecule has 1 amide bonds. The van der Waals surface area contributed by atoms with Crippen LogP contribution in [0.2, 0.25) is 0 Å². The predicted octanol–water partition coefficient (Wildman–Crippen LogP) is 4.22. The first-order valence-electron chi connectivity index (χ1n) is 9.02. The summed E-state index contributed by atoms with van der Waals surface area (Å²) in [6.07, 6.45) is 0. The molecule has 1 aromatic heterocycles. The first-order valence-corrected chi connectivity index (χ1v) is 11.4. The number of hydrogen-bond acceptors (Lipinski definition) is 5. The topological polar surface area (TPSA) is 75.7 Å². The van der Waals surface area contributed by atoms with Crippen molar-refractivity contribution in [2.75, 3.05) is 18.4 Å². The molecule has 152 valence electrons. The summed E-state index contributed by atoms with van der Waals surface area (Å²) in [6.45, 7) is 2.94. The third-order valence-corrected chi connectivity index (χ3v) is 6.90. The number of benzene rings is 2. The molecule has 1 heterocycles. The second kappa shape index (κ2) is 9.11. The molecule has 0 saturated heterocycles. The van der Waals surface area contributed by atoms with Crippen LogP contribution >= 0.6 is 11.3 Å². The van der Waals surface area contributed by atoms with Crippen LogP contribution in [0.25, 0.3) is 0 Å². The lowest BCUT2D eigenvalue weighted by molar-refractivity contribution is 0.0785. The van der Waals surface area contributed by atoms with Crippen molar-refractivity contribution in [3.8, 4) is 5.75 Å². The highest BCUT2D eigenvalue weighted by atomic mass is 32.2. The quantitative estimate of drug-likeness (QED) is 0.581. The van der Waals surface area contributed by atoms with Crippen LogP contribution in [0.3, 0.4) is 0 Å². The summed E-state index contributed by atoms with van der Waals surface area (Å²) in [4.78, 5) is 14.3. The van der Waals surface area contributed by atoms with Gasteiger partial charge in [0, 0.05) is 24.8 Å². The molecule has 1 N–H and O–H groups in total. The Bertz CT molecular complexity index is 1060. The van der Waals surface area contributed by atoms with Gasteiger partial charge in [-0.05, 0) is 60.3 Å². The average molecular weight is 431 g/mol. The average Bonchev–Trinajstić information content (AvgIpc) is 3.24. The Balaban J connectivity index is 1.66. The van der Waals surface area contributed by atoms with Gasteiger partial charge in [0.1, 0.15) is 9.96 Å². The van der Waals surface area contributed by atoms with E-state index in [1.54, 1.807) is 53.7 Å². The number of carbonyl (C=O) groups is 1. The van der Waals surface area contributed by atoms with E-state index in [0.29, 0.717) is 24.4 Å². The molecule has 0 saturated carbocycles. The van der Waals surface area contributed by atoms with E-state index in [1.165, 1.54) is 0 Å². The first kappa shape index (κ1) is 20.9. The van der Waals surface area contributed by atoms with Crippen LogP contribution in [0.5, 0.6) is 5.75 Å². The zero-order valence-corrected chi connectivity index (χ0v) is 17.8. The monoisotopic (exact) mass is 430 g/mol. The SMILES string of the molecule is CCOc1cccc(CN(C)C(=O)c2ccc(NS(=O)(=O)c3cccs3)cc2)c1. The fourth-order valence-corrected chi connectivity index (χ4v) is 4.82. The van der Waals surface area contributed by atoms with Gasteiger partial charge in [0.15, 0.2) is 0 Å². The van der Waals surface area contributed by atoms with Crippen molar-refractivity contribution < 1.29 is 17.9 Å². The van der Waals surface area contributed by atoms with Crippen LogP contribution in [0.4, 0.5) is 5.69 Å². The van der Waals surface area contributed by atoms with Crippen LogP contribution in [-0.2, 0) is 16.6 Å². The zero-order valence-electron chi connectivity index (χ0n) is 16.2. The van der Waals surface area contributed by atoms with E-state index in [9.17, 15) is 13.2 Å². The van der Waals surface area contributed by atoms with Gasteiger partial charge in [0.05, 0.1) is 6.61 Å². The Morgan fingerprint density at radius 3 is 2.52 bits per heavy atom. The van der Waals surface area contributed by atoms with Crippen molar-refractivity contribution in [2.24, 2.45) is 0 Å². The van der Waals surface area contributed by atoms with E-state index in [-0.39, 0.29) is 10.1 Å². The van der Waals surface area contributed by atoms with Crippen LogP contribution in [0, 0.1) is 0 Å². The van der Waals surface area contributed by atoms with Gasteiger partial charge >= 0.3 is 0 Å². The molecule has 29 heavy (non-hydrogen) atoms. The summed E-state index contributed by atoms with van der Waals surface area (Å²) in [5.74, 6) is 0.618. The molecule has 8 heteroatoms. The van der Waals surface area contributed by atoms with E-state index in [4.69, 9.17) is 4.74 Å². The van der Waals surface area contributed by atoms with E-state index in [2.05, 4.69) is 4.72 Å². The molecule has 6 nitrogen and oxygen atoms in total. The molecule has 0 fully saturated rings. The largest absolute Gasteiger partial charge is 0.494 e. The third-order valence-electron chi connectivity index (χ3n) is 4.12. The van der Waals surface area contributed by atoms with Crippen LogP contribution < -0.4 is 9.46 Å². The smallest absolute Gasteiger partial charge is 0.271 e. The van der Waals surface area contributed by atoms with Crippen LogP contribution in [0.15, 0.2) is 70.3 Å². The minimum absolute atomic E-state index is 0.153. The number of thiophene rings is 1. The highest BCUT2D eigenvalue weighted by molar-refractivity contribution is 7.94. The minimum Gasteiger partial charge on any atom is -0.494 e. The van der Waals surface area contributed by atoms with E-state index in [1.807, 2.05) is 31.2 Å². The number of nitrogens with zero attached hydrogens (tertiary/aromatic N) is 1. The Hall–Kier alpha value is -2.84. The zero-order chi connectivity index (χ0) is 20.9. The molecule has 3 rings (SSSR count). The standard InChI is InChI=1S/C21H22N2O4S2/c1-3-27-19-7-4-6-16(14-19)15-23(2)21(24)17-9-11-18(12-10-17)22-29(25,26)20-8-5-13-28-20/h4-14,22H,3,15H2,1-2H3. The Morgan fingerprint density at radius 1 is 1.10 bits per heavy atom. The number of rotatable bonds is 8. The number of sulfonamides is 1. The Labute approximate surface area is 174 Å². The lowest BCUT2D eigenvalue weighted by Crippen LogP contribution is -2.26. The van der Waals surface area contributed by atoms with Crippen molar-refractivity contribution in [2.45, 2.75) is 17.7 Å². The molecule has 0 atom stereocenters. The fraction of sp³-hybridized carbons (Fsp3) is 0.190. The number of nitrogens with one attached hydrogen (secondary N) is 1. The number of amides is 1. The second-order valence-corrected chi connectivity index (χ2v) is 9.21. The van der Waals surface area contributed by atoms with Gasteiger partial charge < -0.3 is 9.64 Å². The lowest BCUT2D eigenvalue weighted by Gasteiger charge is -2.18. The number of carbonyl (C=O) groups excluding carboxylic acids is 1. The highest BCUT2D eigenvalue weighted by Gasteiger charge is 2.16. The van der Waals surface area contributed by atoms with Crippen LogP contribution in [-0.4, -0.2) is 32.9 Å². The summed E-state index contributed by atoms with van der Waals surface area (Å²) in [6, 6.07) is 17.2. The summed E-state index contributed by atoms with van der Waals surface area (Å²) in [5.41, 5.74) is 1.85. The van der Waals surface area contributed by atoms with Gasteiger partial charge in [-0.1, -0.05) is 18.2 Å². The summed E-state index contributed by atoms with van der Waals surface area (Å²) in [7, 11) is -1.88. The van der Waals surface area contributed by atoms with Gasteiger partial charge in [-0.3, -0.25) is 9.52 Å². The maximum Gasteiger partial charge on any atom is 0.271 e. The molecule has 0 aliphatic rings. The van der Waals surface area contributed by atoms with Crippen molar-refractivity contribution in [3.05, 3.63) is 77.2 Å². The van der Waals surface area contributed by atoms with Gasteiger partial charge in [-0.25, -0.2) is 8.42 Å². The highest BCUT2D eigenvalue weighted by Crippen LogP contribution is 2.21. The molecule has 3 aromatic rings. The molecule has 0 spiro atoms. The van der Waals surface area contributed by atoms with E-state index in [0.717, 1.165) is 22.6 Å². The third kappa shape index (κ3) is 5.36. The number of anilines is 1. The maximum atomic E-state index is 12.7. The first-order chi connectivity index (χ1) is 13.9. The predicted molar refractivity (Wildman–Crippen MR) is 115 cm³/mol. The molecular weight excluding hydrogens is 408 g/mol. The molecular formula is C21H22N2O4S2. The molecule has 0 unspecified atom stereocenters. The lowest BCUT2D eigenvalue weighted by atomic mass is 10.1. The van der Waals surface area contributed by atoms with Gasteiger partial charge in [0.2, 0.25) is 0 Å². The van der Waals surface area contributed by atoms with Crippen molar-refractivity contribution >= 4 is 33.0 Å². The fourth-order valence-electron chi connectivity index (χ4n) is 2.77. The normalized spacial score (nSPS) is 11.1. The minimum atomic E-state index is -3.61. The maximum absolute atomic E-state index is 12.7. The Kier molecular flexibility index (Phi) is 6.56. The summed E-state index contributed by atoms with van der Waals surface area (Å²) >= 11 is 1.15. The molecule has 0 bridgehead atoms. The van der Waals surface area contributed by atoms with E-state index >= 15 is 0 Å². The number of hydrogen-bond donors (Lipinski definition) is 1. The van der Waals surface area contributed by atoms with Crippen LogP contribution in [0.1, 0.15) is 22.8 Å². The molecule has 0 aliphatic heterocycles. The van der Waals surface area contributed by atoms with Gasteiger partial charge in [-0.15, -0.1) is 11.3 Å². The summed E-state index contributed by atoms with van der Waals surface area (Å²) in [5, 5.41) is 1.70. The van der Waals surface area contributed by atoms with Gasteiger partial charge in [0.25, 0.3) is 15.9 Å². The number of ether oxygens (including phenoxy) is 1. The second-order valence-electron chi connectivity index (χ2n) is 6.36. The molecule has 2 aromatic carbocycles. The Morgan fingerprint density at radius 2 is 1.86 bits per heavy atom. The van der Waals surface area contributed by atoms with E-state index < -0.39 is 10.0 Å². The molecule has 0 aliphatic carbocycles. The van der Waals surface area contributed by atoms with Crippen molar-refractivity contribution in [1.82, 2.24) is 4.90 Å². The van der Waals surface area contributed by atoms with Gasteiger partial charge in [-0.2, -0.15) is 0 Å².